The highest BCUT2D eigenvalue weighted by atomic mass is 32.1. The third kappa shape index (κ3) is 8.18. The maximum Gasteiger partial charge on any atom is 0.348 e. The minimum Gasteiger partial charge on any atom is -0.493 e. The molecule has 0 saturated carbocycles. The van der Waals surface area contributed by atoms with Crippen LogP contribution in [0.5, 0.6) is 5.75 Å². The summed E-state index contributed by atoms with van der Waals surface area (Å²) in [4.78, 5) is 24.7. The summed E-state index contributed by atoms with van der Waals surface area (Å²) in [6.45, 7) is 16.5. The lowest BCUT2D eigenvalue weighted by Crippen LogP contribution is -2.29. The second-order valence-corrected chi connectivity index (χ2v) is 12.3. The SMILES string of the molecule is CCC(C)(C)c1ccc(OCCCCNC(=S)Nc2sc(C(=O)OC)c(C)c2C(=O)OC)c(C(C)(C)CC)c1. The molecule has 7 nitrogen and oxygen atoms in total. The largest absolute Gasteiger partial charge is 0.493 e. The van der Waals surface area contributed by atoms with Gasteiger partial charge < -0.3 is 24.8 Å². The van der Waals surface area contributed by atoms with Crippen molar-refractivity contribution in [3.05, 3.63) is 45.3 Å². The molecule has 0 saturated heterocycles. The minimum atomic E-state index is -0.543. The number of methoxy groups -OCH3 is 2. The molecular weight excluding hydrogens is 532 g/mol. The number of nitrogens with one attached hydrogen (secondary N) is 2. The molecule has 2 rings (SSSR count). The van der Waals surface area contributed by atoms with Gasteiger partial charge in [-0.05, 0) is 72.8 Å². The molecule has 0 aliphatic heterocycles. The summed E-state index contributed by atoms with van der Waals surface area (Å²) in [6, 6.07) is 6.65. The van der Waals surface area contributed by atoms with Gasteiger partial charge >= 0.3 is 11.9 Å². The van der Waals surface area contributed by atoms with E-state index in [0.717, 1.165) is 42.8 Å². The van der Waals surface area contributed by atoms with Gasteiger partial charge in [0, 0.05) is 12.1 Å². The Labute approximate surface area is 243 Å². The standard InChI is InChI=1S/C30H44N2O5S2/c1-10-29(4,5)20-14-15-22(21(18-20)30(6,7)11-2)37-17-13-12-16-31-28(38)32-25-23(26(33)35-8)19(3)24(39-25)27(34)36-9/h14-15,18H,10-13,16-17H2,1-9H3,(H2,31,32,38). The molecule has 1 aromatic heterocycles. The summed E-state index contributed by atoms with van der Waals surface area (Å²) >= 11 is 6.54. The highest BCUT2D eigenvalue weighted by Crippen LogP contribution is 2.38. The third-order valence-electron chi connectivity index (χ3n) is 7.51. The van der Waals surface area contributed by atoms with Crippen LogP contribution in [-0.4, -0.2) is 44.4 Å². The van der Waals surface area contributed by atoms with Crippen LogP contribution in [0.4, 0.5) is 5.00 Å². The van der Waals surface area contributed by atoms with E-state index >= 15 is 0 Å². The molecule has 0 spiro atoms. The van der Waals surface area contributed by atoms with Crippen LogP contribution in [0.1, 0.15) is 104 Å². The molecule has 1 aromatic carbocycles. The number of thiophene rings is 1. The van der Waals surface area contributed by atoms with E-state index in [9.17, 15) is 9.59 Å². The number of unbranched alkanes of at least 4 members (excludes halogenated alkanes) is 1. The summed E-state index contributed by atoms with van der Waals surface area (Å²) in [5.74, 6) is -0.102. The van der Waals surface area contributed by atoms with Crippen LogP contribution < -0.4 is 15.4 Å². The van der Waals surface area contributed by atoms with Crippen molar-refractivity contribution in [1.29, 1.82) is 0 Å². The van der Waals surface area contributed by atoms with Gasteiger partial charge in [0.15, 0.2) is 5.11 Å². The van der Waals surface area contributed by atoms with E-state index in [0.29, 0.717) is 33.7 Å². The first kappa shape index (κ1) is 32.6. The molecule has 0 atom stereocenters. The summed E-state index contributed by atoms with van der Waals surface area (Å²) < 4.78 is 16.0. The smallest absolute Gasteiger partial charge is 0.348 e. The molecular formula is C30H44N2O5S2. The molecule has 2 N–H and O–H groups in total. The molecule has 0 unspecified atom stereocenters. The Hall–Kier alpha value is -2.65. The van der Waals surface area contributed by atoms with Crippen LogP contribution in [0.2, 0.25) is 0 Å². The van der Waals surface area contributed by atoms with Gasteiger partial charge in [0.25, 0.3) is 0 Å². The Morgan fingerprint density at radius 1 is 0.974 bits per heavy atom. The van der Waals surface area contributed by atoms with Crippen LogP contribution in [0.15, 0.2) is 18.2 Å². The fourth-order valence-electron chi connectivity index (χ4n) is 4.00. The lowest BCUT2D eigenvalue weighted by Gasteiger charge is -2.30. The second-order valence-electron chi connectivity index (χ2n) is 10.9. The van der Waals surface area contributed by atoms with E-state index in [1.807, 2.05) is 0 Å². The van der Waals surface area contributed by atoms with E-state index in [4.69, 9.17) is 26.4 Å². The quantitative estimate of drug-likeness (QED) is 0.148. The molecule has 0 aliphatic rings. The predicted molar refractivity (Wildman–Crippen MR) is 164 cm³/mol. The van der Waals surface area contributed by atoms with Crippen LogP contribution in [-0.2, 0) is 20.3 Å². The van der Waals surface area contributed by atoms with Crippen molar-refractivity contribution in [3.8, 4) is 5.75 Å². The zero-order valence-electron chi connectivity index (χ0n) is 24.8. The van der Waals surface area contributed by atoms with E-state index < -0.39 is 11.9 Å². The number of hydrogen-bond acceptors (Lipinski definition) is 7. The maximum absolute atomic E-state index is 12.3. The van der Waals surface area contributed by atoms with E-state index in [-0.39, 0.29) is 16.4 Å². The van der Waals surface area contributed by atoms with Crippen LogP contribution in [0.3, 0.4) is 0 Å². The van der Waals surface area contributed by atoms with Crippen LogP contribution in [0.25, 0.3) is 0 Å². The molecule has 2 aromatic rings. The van der Waals surface area contributed by atoms with Crippen molar-refractivity contribution >= 4 is 45.6 Å². The Balaban J connectivity index is 1.95. The topological polar surface area (TPSA) is 85.9 Å². The first-order chi connectivity index (χ1) is 18.3. The van der Waals surface area contributed by atoms with Crippen LogP contribution >= 0.6 is 23.6 Å². The molecule has 0 radical (unpaired) electrons. The van der Waals surface area contributed by atoms with Crippen LogP contribution in [0, 0.1) is 6.92 Å². The van der Waals surface area contributed by atoms with Gasteiger partial charge in [-0.2, -0.15) is 0 Å². The van der Waals surface area contributed by atoms with Crippen molar-refractivity contribution in [1.82, 2.24) is 5.32 Å². The van der Waals surface area contributed by atoms with Crippen molar-refractivity contribution in [2.24, 2.45) is 0 Å². The fraction of sp³-hybridized carbons (Fsp3) is 0.567. The van der Waals surface area contributed by atoms with E-state index in [2.05, 4.69) is 70.4 Å². The molecule has 1 heterocycles. The number of ether oxygens (including phenoxy) is 3. The Bertz CT molecular complexity index is 1170. The zero-order valence-corrected chi connectivity index (χ0v) is 26.5. The maximum atomic E-state index is 12.3. The lowest BCUT2D eigenvalue weighted by molar-refractivity contribution is 0.0601. The summed E-state index contributed by atoms with van der Waals surface area (Å²) in [5, 5.41) is 7.01. The van der Waals surface area contributed by atoms with Gasteiger partial charge in [-0.15, -0.1) is 11.3 Å². The number of thiocarbonyl (C=S) groups is 1. The normalized spacial score (nSPS) is 11.6. The number of rotatable bonds is 13. The predicted octanol–water partition coefficient (Wildman–Crippen LogP) is 7.15. The van der Waals surface area contributed by atoms with Crippen molar-refractivity contribution in [2.75, 3.05) is 32.7 Å². The Morgan fingerprint density at radius 3 is 2.21 bits per heavy atom. The fourth-order valence-corrected chi connectivity index (χ4v) is 5.38. The highest BCUT2D eigenvalue weighted by molar-refractivity contribution is 7.80. The molecule has 0 fully saturated rings. The molecule has 216 valence electrons. The first-order valence-corrected chi connectivity index (χ1v) is 14.7. The monoisotopic (exact) mass is 576 g/mol. The number of anilines is 1. The van der Waals surface area contributed by atoms with Gasteiger partial charge in [-0.25, -0.2) is 9.59 Å². The summed E-state index contributed by atoms with van der Waals surface area (Å²) in [6.07, 6.45) is 3.79. The molecule has 9 heteroatoms. The van der Waals surface area contributed by atoms with Gasteiger partial charge in [0.1, 0.15) is 15.6 Å². The highest BCUT2D eigenvalue weighted by Gasteiger charge is 2.27. The van der Waals surface area contributed by atoms with Crippen molar-refractivity contribution in [2.45, 2.75) is 85.0 Å². The molecule has 0 bridgehead atoms. The molecule has 39 heavy (non-hydrogen) atoms. The van der Waals surface area contributed by atoms with Crippen molar-refractivity contribution < 1.29 is 23.8 Å². The number of hydrogen-bond donors (Lipinski definition) is 2. The van der Waals surface area contributed by atoms with E-state index in [1.165, 1.54) is 25.3 Å². The van der Waals surface area contributed by atoms with Gasteiger partial charge in [0.2, 0.25) is 0 Å². The van der Waals surface area contributed by atoms with Gasteiger partial charge in [0.05, 0.1) is 26.4 Å². The first-order valence-electron chi connectivity index (χ1n) is 13.5. The van der Waals surface area contributed by atoms with Gasteiger partial charge in [-0.1, -0.05) is 53.7 Å². The van der Waals surface area contributed by atoms with E-state index in [1.54, 1.807) is 6.92 Å². The summed E-state index contributed by atoms with van der Waals surface area (Å²) in [5.41, 5.74) is 3.51. The zero-order chi connectivity index (χ0) is 29.4. The number of benzene rings is 1. The average molecular weight is 577 g/mol. The third-order valence-corrected chi connectivity index (χ3v) is 8.94. The Morgan fingerprint density at radius 2 is 1.62 bits per heavy atom. The average Bonchev–Trinajstić information content (AvgIpc) is 3.24. The second kappa shape index (κ2) is 14.1. The van der Waals surface area contributed by atoms with Gasteiger partial charge in [-0.3, -0.25) is 0 Å². The minimum absolute atomic E-state index is 0.0194. The number of esters is 2. The number of carbonyl (C=O) groups is 2. The van der Waals surface area contributed by atoms with Crippen molar-refractivity contribution in [3.63, 3.8) is 0 Å². The Kier molecular flexibility index (Phi) is 11.8. The number of carbonyl (C=O) groups excluding carboxylic acids is 2. The molecule has 0 amide bonds. The molecule has 0 aliphatic carbocycles. The summed E-state index contributed by atoms with van der Waals surface area (Å²) in [7, 11) is 2.60. The lowest BCUT2D eigenvalue weighted by atomic mass is 9.76.